The number of aromatic nitrogens is 2. The summed E-state index contributed by atoms with van der Waals surface area (Å²) >= 11 is 7.70. The van der Waals surface area contributed by atoms with E-state index >= 15 is 0 Å². The lowest BCUT2D eigenvalue weighted by molar-refractivity contribution is 0.624. The van der Waals surface area contributed by atoms with Gasteiger partial charge in [-0.25, -0.2) is 4.39 Å². The number of aryl methyl sites for hydroxylation is 3. The summed E-state index contributed by atoms with van der Waals surface area (Å²) in [6, 6.07) is 11.2. The summed E-state index contributed by atoms with van der Waals surface area (Å²) in [6.45, 7) is 2.72. The van der Waals surface area contributed by atoms with Crippen molar-refractivity contribution in [2.75, 3.05) is 0 Å². The van der Waals surface area contributed by atoms with Gasteiger partial charge in [-0.2, -0.15) is 0 Å². The standard InChI is InChI=1S/C16H14FIN2S/c1-10-8-12(17)3-2-11(10)6-7-20-15-5-4-13(18)9-14(15)19-16(20)21/h2-5,8-9H,6-7H2,1H3,(H,19,21). The predicted octanol–water partition coefficient (Wildman–Crippen LogP) is 4.99. The van der Waals surface area contributed by atoms with Gasteiger partial charge in [-0.15, -0.1) is 0 Å². The van der Waals surface area contributed by atoms with E-state index in [0.29, 0.717) is 0 Å². The Kier molecular flexibility index (Phi) is 4.12. The molecule has 0 unspecified atom stereocenters. The number of halogens is 2. The molecule has 0 atom stereocenters. The van der Waals surface area contributed by atoms with E-state index in [1.165, 1.54) is 9.64 Å². The average molecular weight is 412 g/mol. The lowest BCUT2D eigenvalue weighted by atomic mass is 10.1. The van der Waals surface area contributed by atoms with Crippen molar-refractivity contribution in [2.45, 2.75) is 19.9 Å². The second kappa shape index (κ2) is 5.88. The van der Waals surface area contributed by atoms with E-state index < -0.39 is 0 Å². The van der Waals surface area contributed by atoms with Gasteiger partial charge < -0.3 is 9.55 Å². The van der Waals surface area contributed by atoms with Gasteiger partial charge in [0.2, 0.25) is 0 Å². The van der Waals surface area contributed by atoms with Crippen molar-refractivity contribution in [1.29, 1.82) is 0 Å². The zero-order valence-electron chi connectivity index (χ0n) is 11.5. The van der Waals surface area contributed by atoms with E-state index in [4.69, 9.17) is 12.2 Å². The quantitative estimate of drug-likeness (QED) is 0.475. The van der Waals surface area contributed by atoms with Crippen molar-refractivity contribution in [3.05, 3.63) is 61.7 Å². The first-order valence-electron chi connectivity index (χ1n) is 6.68. The first kappa shape index (κ1) is 14.7. The molecule has 0 saturated carbocycles. The van der Waals surface area contributed by atoms with Crippen LogP contribution in [0.1, 0.15) is 11.1 Å². The monoisotopic (exact) mass is 412 g/mol. The minimum atomic E-state index is -0.186. The lowest BCUT2D eigenvalue weighted by Gasteiger charge is -2.08. The highest BCUT2D eigenvalue weighted by Gasteiger charge is 2.06. The predicted molar refractivity (Wildman–Crippen MR) is 94.7 cm³/mol. The largest absolute Gasteiger partial charge is 0.331 e. The Morgan fingerprint density at radius 1 is 1.24 bits per heavy atom. The molecule has 0 saturated heterocycles. The van der Waals surface area contributed by atoms with Gasteiger partial charge in [-0.1, -0.05) is 6.07 Å². The molecule has 5 heteroatoms. The molecule has 0 bridgehead atoms. The topological polar surface area (TPSA) is 20.7 Å². The fraction of sp³-hybridized carbons (Fsp3) is 0.188. The molecular formula is C16H14FIN2S. The van der Waals surface area contributed by atoms with Gasteiger partial charge in [0.25, 0.3) is 0 Å². The molecule has 2 aromatic carbocycles. The molecule has 0 aliphatic heterocycles. The van der Waals surface area contributed by atoms with Gasteiger partial charge in [0.05, 0.1) is 11.0 Å². The first-order valence-corrected chi connectivity index (χ1v) is 8.16. The number of hydrogen-bond donors (Lipinski definition) is 1. The van der Waals surface area contributed by atoms with E-state index in [2.05, 4.69) is 50.3 Å². The number of fused-ring (bicyclic) bond motifs is 1. The summed E-state index contributed by atoms with van der Waals surface area (Å²) in [6.07, 6.45) is 0.833. The molecule has 3 rings (SSSR count). The molecule has 3 aromatic rings. The van der Waals surface area contributed by atoms with Crippen molar-refractivity contribution >= 4 is 45.8 Å². The number of benzene rings is 2. The molecule has 1 N–H and O–H groups in total. The summed E-state index contributed by atoms with van der Waals surface area (Å²) < 4.78 is 17.2. The highest BCUT2D eigenvalue weighted by molar-refractivity contribution is 14.1. The van der Waals surface area contributed by atoms with E-state index in [-0.39, 0.29) is 5.82 Å². The number of aromatic amines is 1. The minimum absolute atomic E-state index is 0.186. The number of imidazole rings is 1. The maximum Gasteiger partial charge on any atom is 0.178 e. The maximum atomic E-state index is 13.1. The molecule has 0 spiro atoms. The normalized spacial score (nSPS) is 11.2. The second-order valence-electron chi connectivity index (χ2n) is 5.06. The average Bonchev–Trinajstić information content (AvgIpc) is 2.72. The van der Waals surface area contributed by atoms with E-state index in [0.717, 1.165) is 39.9 Å². The summed E-state index contributed by atoms with van der Waals surface area (Å²) in [4.78, 5) is 3.24. The molecule has 21 heavy (non-hydrogen) atoms. The van der Waals surface area contributed by atoms with Crippen LogP contribution in [0.15, 0.2) is 36.4 Å². The summed E-state index contributed by atoms with van der Waals surface area (Å²) in [5.41, 5.74) is 4.30. The second-order valence-corrected chi connectivity index (χ2v) is 6.70. The summed E-state index contributed by atoms with van der Waals surface area (Å²) in [7, 11) is 0. The van der Waals surface area contributed by atoms with Crippen LogP contribution in [0.4, 0.5) is 4.39 Å². The molecule has 0 amide bonds. The summed E-state index contributed by atoms with van der Waals surface area (Å²) in [5, 5.41) is 0. The summed E-state index contributed by atoms with van der Waals surface area (Å²) in [5.74, 6) is -0.186. The van der Waals surface area contributed by atoms with Crippen molar-refractivity contribution in [3.8, 4) is 0 Å². The fourth-order valence-corrected chi connectivity index (χ4v) is 3.32. The van der Waals surface area contributed by atoms with Crippen LogP contribution in [0.5, 0.6) is 0 Å². The first-order chi connectivity index (χ1) is 10.0. The number of rotatable bonds is 3. The molecule has 0 aliphatic rings. The number of nitrogens with zero attached hydrogens (tertiary/aromatic N) is 1. The third-order valence-electron chi connectivity index (χ3n) is 3.65. The number of nitrogens with one attached hydrogen (secondary N) is 1. The third-order valence-corrected chi connectivity index (χ3v) is 4.64. The van der Waals surface area contributed by atoms with E-state index in [9.17, 15) is 4.39 Å². The van der Waals surface area contributed by atoms with Crippen LogP contribution in [0.3, 0.4) is 0 Å². The zero-order valence-corrected chi connectivity index (χ0v) is 14.5. The van der Waals surface area contributed by atoms with Crippen LogP contribution in [-0.2, 0) is 13.0 Å². The smallest absolute Gasteiger partial charge is 0.178 e. The van der Waals surface area contributed by atoms with Crippen molar-refractivity contribution in [1.82, 2.24) is 9.55 Å². The Balaban J connectivity index is 1.91. The molecule has 0 radical (unpaired) electrons. The van der Waals surface area contributed by atoms with Crippen LogP contribution in [0.2, 0.25) is 0 Å². The van der Waals surface area contributed by atoms with Gasteiger partial charge in [0.1, 0.15) is 5.82 Å². The zero-order chi connectivity index (χ0) is 15.0. The molecule has 0 aliphatic carbocycles. The molecule has 2 nitrogen and oxygen atoms in total. The maximum absolute atomic E-state index is 13.1. The van der Waals surface area contributed by atoms with Crippen molar-refractivity contribution < 1.29 is 4.39 Å². The van der Waals surface area contributed by atoms with Crippen LogP contribution in [0, 0.1) is 21.1 Å². The molecule has 0 fully saturated rings. The minimum Gasteiger partial charge on any atom is -0.331 e. The van der Waals surface area contributed by atoms with Gasteiger partial charge in [0.15, 0.2) is 4.77 Å². The Morgan fingerprint density at radius 2 is 2.05 bits per heavy atom. The number of H-pyrrole nitrogens is 1. The van der Waals surface area contributed by atoms with Gasteiger partial charge in [0, 0.05) is 10.1 Å². The fourth-order valence-electron chi connectivity index (χ4n) is 2.53. The van der Waals surface area contributed by atoms with Crippen LogP contribution in [-0.4, -0.2) is 9.55 Å². The lowest BCUT2D eigenvalue weighted by Crippen LogP contribution is -2.03. The van der Waals surface area contributed by atoms with Crippen LogP contribution < -0.4 is 0 Å². The highest BCUT2D eigenvalue weighted by atomic mass is 127. The van der Waals surface area contributed by atoms with E-state index in [1.807, 2.05) is 13.0 Å². The molecular weight excluding hydrogens is 398 g/mol. The highest BCUT2D eigenvalue weighted by Crippen LogP contribution is 2.19. The van der Waals surface area contributed by atoms with Crippen molar-refractivity contribution in [3.63, 3.8) is 0 Å². The molecule has 1 heterocycles. The van der Waals surface area contributed by atoms with Gasteiger partial charge in [-0.05, 0) is 89.6 Å². The SMILES string of the molecule is Cc1cc(F)ccc1CCn1c(=S)[nH]c2cc(I)ccc21. The van der Waals surface area contributed by atoms with Gasteiger partial charge >= 0.3 is 0 Å². The van der Waals surface area contributed by atoms with Crippen LogP contribution >= 0.6 is 34.8 Å². The Hall–Kier alpha value is -1.21. The molecule has 108 valence electrons. The number of hydrogen-bond acceptors (Lipinski definition) is 1. The Morgan fingerprint density at radius 3 is 2.81 bits per heavy atom. The molecule has 1 aromatic heterocycles. The Labute approximate surface area is 141 Å². The third kappa shape index (κ3) is 3.03. The van der Waals surface area contributed by atoms with Crippen LogP contribution in [0.25, 0.3) is 11.0 Å². The Bertz CT molecular complexity index is 866. The van der Waals surface area contributed by atoms with Crippen molar-refractivity contribution in [2.24, 2.45) is 0 Å². The van der Waals surface area contributed by atoms with E-state index in [1.54, 1.807) is 6.07 Å². The van der Waals surface area contributed by atoms with Gasteiger partial charge in [-0.3, -0.25) is 0 Å².